The van der Waals surface area contributed by atoms with Crippen molar-refractivity contribution in [3.8, 4) is 11.3 Å². The molecule has 6 rings (SSSR count). The molecule has 8 nitrogen and oxygen atoms in total. The molecule has 1 aliphatic carbocycles. The molecule has 0 saturated carbocycles. The molecule has 1 unspecified atom stereocenters. The van der Waals surface area contributed by atoms with Crippen molar-refractivity contribution in [2.75, 3.05) is 24.2 Å². The molecule has 39 heavy (non-hydrogen) atoms. The van der Waals surface area contributed by atoms with E-state index in [4.69, 9.17) is 0 Å². The van der Waals surface area contributed by atoms with Crippen LogP contribution in [0.5, 0.6) is 0 Å². The number of fused-ring (bicyclic) bond motifs is 1. The summed E-state index contributed by atoms with van der Waals surface area (Å²) in [6, 6.07) is 12.1. The zero-order valence-corrected chi connectivity index (χ0v) is 22.4. The van der Waals surface area contributed by atoms with Gasteiger partial charge in [-0.3, -0.25) is 14.5 Å². The number of aromatic amines is 1. The number of hydrogen-bond donors (Lipinski definition) is 3. The van der Waals surface area contributed by atoms with Crippen LogP contribution in [-0.2, 0) is 12.8 Å². The minimum Gasteiger partial charge on any atom is -0.336 e. The number of nitrogens with one attached hydrogen (secondary N) is 3. The third kappa shape index (κ3) is 5.35. The van der Waals surface area contributed by atoms with Crippen molar-refractivity contribution in [2.45, 2.75) is 44.6 Å². The van der Waals surface area contributed by atoms with Gasteiger partial charge in [0, 0.05) is 22.7 Å². The number of H-pyrrole nitrogens is 1. The third-order valence-electron chi connectivity index (χ3n) is 7.49. The summed E-state index contributed by atoms with van der Waals surface area (Å²) in [5, 5.41) is 12.4. The lowest BCUT2D eigenvalue weighted by Gasteiger charge is -2.19. The number of aromatic nitrogens is 3. The number of thiophene rings is 1. The Morgan fingerprint density at radius 2 is 1.97 bits per heavy atom. The molecule has 2 aliphatic rings. The molecule has 1 amide bonds. The van der Waals surface area contributed by atoms with E-state index in [0.717, 1.165) is 44.2 Å². The van der Waals surface area contributed by atoms with E-state index in [9.17, 15) is 14.0 Å². The van der Waals surface area contributed by atoms with E-state index in [2.05, 4.69) is 37.8 Å². The quantitative estimate of drug-likeness (QED) is 0.289. The van der Waals surface area contributed by atoms with Crippen molar-refractivity contribution in [2.24, 2.45) is 0 Å². The van der Waals surface area contributed by atoms with E-state index in [1.165, 1.54) is 40.3 Å². The SMILES string of the molecule is CN1CCCC1c1ccc(Nc2cc(-c3ccc(F)c(NC(=O)c4cc5c(s4)CCCC5)c3)n[nH]c2=O)nc1. The number of carbonyl (C=O) groups excluding carboxylic acids is 1. The van der Waals surface area contributed by atoms with Gasteiger partial charge in [0.15, 0.2) is 0 Å². The Morgan fingerprint density at radius 3 is 2.74 bits per heavy atom. The number of pyridine rings is 1. The Balaban J connectivity index is 1.20. The van der Waals surface area contributed by atoms with Crippen LogP contribution in [0, 0.1) is 5.82 Å². The number of halogens is 1. The summed E-state index contributed by atoms with van der Waals surface area (Å²) in [4.78, 5) is 34.1. The highest BCUT2D eigenvalue weighted by molar-refractivity contribution is 7.14. The summed E-state index contributed by atoms with van der Waals surface area (Å²) < 4.78 is 14.7. The predicted octanol–water partition coefficient (Wildman–Crippen LogP) is 5.67. The highest BCUT2D eigenvalue weighted by atomic mass is 32.1. The first-order chi connectivity index (χ1) is 18.9. The average Bonchev–Trinajstić information content (AvgIpc) is 3.58. The first kappa shape index (κ1) is 25.4. The maximum absolute atomic E-state index is 14.7. The van der Waals surface area contributed by atoms with E-state index in [1.54, 1.807) is 12.1 Å². The smallest absolute Gasteiger partial charge is 0.287 e. The molecule has 1 saturated heterocycles. The Bertz CT molecular complexity index is 1560. The molecule has 0 bridgehead atoms. The standard InChI is InChI=1S/C29H29FN6O2S/c1-36-12-4-6-24(36)19-9-11-27(31-16-19)32-23-15-21(34-35-28(23)37)17-8-10-20(30)22(13-17)33-29(38)26-14-18-5-2-3-7-25(18)39-26/h8-11,13-16,24H,2-7,12H2,1H3,(H,33,38)(H,35,37)(H,31,32,34). The van der Waals surface area contributed by atoms with Crippen LogP contribution in [0.1, 0.15) is 57.4 Å². The molecule has 4 heterocycles. The van der Waals surface area contributed by atoms with Gasteiger partial charge in [0.1, 0.15) is 17.3 Å². The molecule has 1 fully saturated rings. The van der Waals surface area contributed by atoms with Crippen molar-refractivity contribution in [1.82, 2.24) is 20.1 Å². The van der Waals surface area contributed by atoms with Crippen molar-refractivity contribution in [1.29, 1.82) is 0 Å². The number of aryl methyl sites for hydroxylation is 2. The Kier molecular flexibility index (Phi) is 6.97. The lowest BCUT2D eigenvalue weighted by molar-refractivity contribution is 0.103. The number of nitrogens with zero attached hydrogens (tertiary/aromatic N) is 3. The second kappa shape index (κ2) is 10.7. The summed E-state index contributed by atoms with van der Waals surface area (Å²) in [5.41, 5.74) is 3.24. The fourth-order valence-electron chi connectivity index (χ4n) is 5.36. The molecule has 3 aromatic heterocycles. The topological polar surface area (TPSA) is 103 Å². The summed E-state index contributed by atoms with van der Waals surface area (Å²) >= 11 is 1.48. The second-order valence-electron chi connectivity index (χ2n) is 10.2. The molecule has 10 heteroatoms. The number of carbonyl (C=O) groups is 1. The molecule has 1 atom stereocenters. The van der Waals surface area contributed by atoms with Gasteiger partial charge in [-0.2, -0.15) is 5.10 Å². The number of anilines is 3. The van der Waals surface area contributed by atoms with Crippen molar-refractivity contribution in [3.05, 3.63) is 85.7 Å². The van der Waals surface area contributed by atoms with Crippen LogP contribution in [0.4, 0.5) is 21.6 Å². The van der Waals surface area contributed by atoms with Gasteiger partial charge in [-0.25, -0.2) is 14.5 Å². The molecule has 1 aromatic carbocycles. The lowest BCUT2D eigenvalue weighted by Crippen LogP contribution is -2.17. The van der Waals surface area contributed by atoms with Crippen LogP contribution in [-0.4, -0.2) is 39.6 Å². The fraction of sp³-hybridized carbons (Fsp3) is 0.310. The van der Waals surface area contributed by atoms with E-state index in [-0.39, 0.29) is 17.3 Å². The van der Waals surface area contributed by atoms with E-state index < -0.39 is 11.4 Å². The van der Waals surface area contributed by atoms with E-state index >= 15 is 0 Å². The van der Waals surface area contributed by atoms with Crippen LogP contribution in [0.15, 0.2) is 53.5 Å². The van der Waals surface area contributed by atoms with Crippen LogP contribution in [0.2, 0.25) is 0 Å². The third-order valence-corrected chi connectivity index (χ3v) is 8.72. The van der Waals surface area contributed by atoms with Gasteiger partial charge in [-0.05, 0) is 99.6 Å². The monoisotopic (exact) mass is 544 g/mol. The predicted molar refractivity (Wildman–Crippen MR) is 151 cm³/mol. The molecular weight excluding hydrogens is 515 g/mol. The molecule has 4 aromatic rings. The number of likely N-dealkylation sites (tertiary alicyclic amines) is 1. The maximum Gasteiger partial charge on any atom is 0.287 e. The number of hydrogen-bond acceptors (Lipinski definition) is 7. The number of rotatable bonds is 6. The molecule has 0 spiro atoms. The Hall–Kier alpha value is -3.89. The van der Waals surface area contributed by atoms with Gasteiger partial charge in [-0.15, -0.1) is 11.3 Å². The van der Waals surface area contributed by atoms with Gasteiger partial charge in [-0.1, -0.05) is 6.07 Å². The highest BCUT2D eigenvalue weighted by Crippen LogP contribution is 2.32. The van der Waals surface area contributed by atoms with E-state index in [1.807, 2.05) is 24.4 Å². The van der Waals surface area contributed by atoms with Crippen molar-refractivity contribution in [3.63, 3.8) is 0 Å². The Morgan fingerprint density at radius 1 is 1.10 bits per heavy atom. The number of amides is 1. The minimum absolute atomic E-state index is 0.0560. The van der Waals surface area contributed by atoms with Gasteiger partial charge in [0.2, 0.25) is 0 Å². The number of benzene rings is 1. The first-order valence-electron chi connectivity index (χ1n) is 13.2. The van der Waals surface area contributed by atoms with Crippen LogP contribution in [0.3, 0.4) is 0 Å². The maximum atomic E-state index is 14.7. The molecule has 0 radical (unpaired) electrons. The Labute approximate surface area is 229 Å². The summed E-state index contributed by atoms with van der Waals surface area (Å²) in [5.74, 6) is -0.346. The first-order valence-corrected chi connectivity index (χ1v) is 14.0. The van der Waals surface area contributed by atoms with E-state index in [0.29, 0.717) is 28.0 Å². The summed E-state index contributed by atoms with van der Waals surface area (Å²) in [6.45, 7) is 1.07. The summed E-state index contributed by atoms with van der Waals surface area (Å²) in [7, 11) is 2.11. The molecular formula is C29H29FN6O2S. The summed E-state index contributed by atoms with van der Waals surface area (Å²) in [6.07, 6.45) is 8.34. The zero-order chi connectivity index (χ0) is 26.9. The van der Waals surface area contributed by atoms with Crippen LogP contribution >= 0.6 is 11.3 Å². The van der Waals surface area contributed by atoms with Crippen molar-refractivity contribution >= 4 is 34.4 Å². The van der Waals surface area contributed by atoms with Gasteiger partial charge in [0.25, 0.3) is 11.5 Å². The van der Waals surface area contributed by atoms with Crippen LogP contribution < -0.4 is 16.2 Å². The minimum atomic E-state index is -0.548. The largest absolute Gasteiger partial charge is 0.336 e. The lowest BCUT2D eigenvalue weighted by atomic mass is 9.99. The van der Waals surface area contributed by atoms with Crippen molar-refractivity contribution < 1.29 is 9.18 Å². The highest BCUT2D eigenvalue weighted by Gasteiger charge is 2.23. The zero-order valence-electron chi connectivity index (χ0n) is 21.6. The van der Waals surface area contributed by atoms with Gasteiger partial charge in [0.05, 0.1) is 16.3 Å². The average molecular weight is 545 g/mol. The second-order valence-corrected chi connectivity index (χ2v) is 11.3. The molecule has 200 valence electrons. The molecule has 3 N–H and O–H groups in total. The van der Waals surface area contributed by atoms with Crippen LogP contribution in [0.25, 0.3) is 11.3 Å². The molecule has 1 aliphatic heterocycles. The normalized spacial score (nSPS) is 17.1. The van der Waals surface area contributed by atoms with Gasteiger partial charge >= 0.3 is 0 Å². The van der Waals surface area contributed by atoms with Gasteiger partial charge < -0.3 is 10.6 Å². The fourth-order valence-corrected chi connectivity index (χ4v) is 6.51.